The average Bonchev–Trinajstić information content (AvgIpc) is 3.08. The van der Waals surface area contributed by atoms with Crippen LogP contribution >= 0.6 is 12.2 Å². The van der Waals surface area contributed by atoms with Gasteiger partial charge in [0.2, 0.25) is 0 Å². The molecule has 0 unspecified atom stereocenters. The van der Waals surface area contributed by atoms with Crippen LogP contribution in [-0.4, -0.2) is 22.6 Å². The van der Waals surface area contributed by atoms with Gasteiger partial charge in [-0.2, -0.15) is 0 Å². The predicted molar refractivity (Wildman–Crippen MR) is 75.5 cm³/mol. The molecule has 0 bridgehead atoms. The molecule has 0 atom stereocenters. The van der Waals surface area contributed by atoms with Gasteiger partial charge in [0.15, 0.2) is 0 Å². The summed E-state index contributed by atoms with van der Waals surface area (Å²) in [5.41, 5.74) is 7.60. The molecule has 17 heavy (non-hydrogen) atoms. The molecule has 4 heteroatoms. The fourth-order valence-corrected chi connectivity index (χ4v) is 2.17. The molecule has 92 valence electrons. The van der Waals surface area contributed by atoms with Crippen molar-refractivity contribution >= 4 is 23.0 Å². The van der Waals surface area contributed by atoms with Crippen molar-refractivity contribution in [3.8, 4) is 0 Å². The number of pyridine rings is 1. The van der Waals surface area contributed by atoms with Crippen LogP contribution in [0.5, 0.6) is 0 Å². The highest BCUT2D eigenvalue weighted by Gasteiger charge is 2.29. The largest absolute Gasteiger partial charge is 0.389 e. The van der Waals surface area contributed by atoms with E-state index in [4.69, 9.17) is 18.0 Å². The van der Waals surface area contributed by atoms with Crippen LogP contribution in [-0.2, 0) is 0 Å². The molecule has 0 saturated heterocycles. The van der Waals surface area contributed by atoms with Gasteiger partial charge in [-0.1, -0.05) is 19.1 Å². The molecule has 0 aromatic carbocycles. The van der Waals surface area contributed by atoms with Crippen molar-refractivity contribution in [2.75, 3.05) is 11.4 Å². The van der Waals surface area contributed by atoms with E-state index in [-0.39, 0.29) is 0 Å². The smallest absolute Gasteiger partial charge is 0.129 e. The highest BCUT2D eigenvalue weighted by atomic mass is 32.1. The summed E-state index contributed by atoms with van der Waals surface area (Å²) < 4.78 is 0. The average molecular weight is 249 g/mol. The quantitative estimate of drug-likeness (QED) is 0.814. The fraction of sp³-hybridized carbons (Fsp3) is 0.538. The topological polar surface area (TPSA) is 42.1 Å². The van der Waals surface area contributed by atoms with Gasteiger partial charge < -0.3 is 10.6 Å². The third-order valence-electron chi connectivity index (χ3n) is 2.97. The Balaban J connectivity index is 2.31. The Morgan fingerprint density at radius 2 is 2.24 bits per heavy atom. The van der Waals surface area contributed by atoms with Crippen molar-refractivity contribution in [3.05, 3.63) is 23.4 Å². The summed E-state index contributed by atoms with van der Waals surface area (Å²) in [5, 5.41) is 0. The minimum atomic E-state index is 0.448. The molecule has 1 aliphatic carbocycles. The van der Waals surface area contributed by atoms with E-state index in [1.54, 1.807) is 0 Å². The van der Waals surface area contributed by atoms with Crippen LogP contribution in [0, 0.1) is 6.92 Å². The van der Waals surface area contributed by atoms with Gasteiger partial charge in [-0.25, -0.2) is 4.98 Å². The number of nitrogens with two attached hydrogens (primary N) is 1. The van der Waals surface area contributed by atoms with Gasteiger partial charge in [-0.15, -0.1) is 0 Å². The van der Waals surface area contributed by atoms with E-state index in [9.17, 15) is 0 Å². The molecule has 2 N–H and O–H groups in total. The first-order valence-corrected chi connectivity index (χ1v) is 6.57. The Morgan fingerprint density at radius 3 is 2.76 bits per heavy atom. The lowest BCUT2D eigenvalue weighted by Crippen LogP contribution is -2.28. The van der Waals surface area contributed by atoms with Crippen molar-refractivity contribution in [1.82, 2.24) is 4.98 Å². The van der Waals surface area contributed by atoms with Gasteiger partial charge in [-0.05, 0) is 38.3 Å². The molecule has 1 saturated carbocycles. The molecule has 1 aliphatic rings. The van der Waals surface area contributed by atoms with E-state index in [0.29, 0.717) is 11.0 Å². The first kappa shape index (κ1) is 12.3. The van der Waals surface area contributed by atoms with E-state index in [1.807, 2.05) is 19.1 Å². The molecule has 1 heterocycles. The third-order valence-corrected chi connectivity index (χ3v) is 3.21. The highest BCUT2D eigenvalue weighted by Crippen LogP contribution is 2.31. The highest BCUT2D eigenvalue weighted by molar-refractivity contribution is 7.80. The minimum Gasteiger partial charge on any atom is -0.389 e. The van der Waals surface area contributed by atoms with Crippen molar-refractivity contribution in [2.45, 2.75) is 39.2 Å². The van der Waals surface area contributed by atoms with Gasteiger partial charge in [0, 0.05) is 23.8 Å². The number of hydrogen-bond acceptors (Lipinski definition) is 3. The zero-order valence-corrected chi connectivity index (χ0v) is 11.3. The lowest BCUT2D eigenvalue weighted by Gasteiger charge is -2.23. The number of hydrogen-bond donors (Lipinski definition) is 1. The maximum absolute atomic E-state index is 5.70. The summed E-state index contributed by atoms with van der Waals surface area (Å²) in [6, 6.07) is 4.63. The summed E-state index contributed by atoms with van der Waals surface area (Å²) in [6.45, 7) is 5.24. The number of aromatic nitrogens is 1. The standard InChI is InChI=1S/C13H19N3S/c1-3-6-16(11-4-5-11)12-8-10(13(14)17)7-9(2)15-12/h7-8,11H,3-6H2,1-2H3,(H2,14,17). The molecule has 0 amide bonds. The molecule has 0 aliphatic heterocycles. The summed E-state index contributed by atoms with van der Waals surface area (Å²) >= 11 is 5.05. The van der Waals surface area contributed by atoms with Gasteiger partial charge in [-0.3, -0.25) is 0 Å². The second-order valence-corrected chi connectivity index (χ2v) is 5.08. The monoisotopic (exact) mass is 249 g/mol. The van der Waals surface area contributed by atoms with Crippen molar-refractivity contribution in [2.24, 2.45) is 5.73 Å². The zero-order valence-electron chi connectivity index (χ0n) is 10.4. The first-order chi connectivity index (χ1) is 8.11. The number of rotatable bonds is 5. The van der Waals surface area contributed by atoms with Gasteiger partial charge in [0.25, 0.3) is 0 Å². The molecule has 1 aromatic heterocycles. The van der Waals surface area contributed by atoms with Crippen LogP contribution in [0.15, 0.2) is 12.1 Å². The fourth-order valence-electron chi connectivity index (χ4n) is 2.05. The Kier molecular flexibility index (Phi) is 3.62. The number of thiocarbonyl (C=S) groups is 1. The van der Waals surface area contributed by atoms with Crippen LogP contribution < -0.4 is 10.6 Å². The Labute approximate surface area is 108 Å². The maximum atomic E-state index is 5.70. The van der Waals surface area contributed by atoms with E-state index in [2.05, 4.69) is 16.8 Å². The predicted octanol–water partition coefficient (Wildman–Crippen LogP) is 2.40. The van der Waals surface area contributed by atoms with E-state index in [1.165, 1.54) is 12.8 Å². The van der Waals surface area contributed by atoms with Crippen LogP contribution in [0.4, 0.5) is 5.82 Å². The molecule has 0 radical (unpaired) electrons. The molecule has 3 nitrogen and oxygen atoms in total. The molecule has 1 aromatic rings. The molecule has 2 rings (SSSR count). The van der Waals surface area contributed by atoms with Gasteiger partial charge in [0.05, 0.1) is 0 Å². The van der Waals surface area contributed by atoms with Crippen LogP contribution in [0.1, 0.15) is 37.4 Å². The second-order valence-electron chi connectivity index (χ2n) is 4.64. The van der Waals surface area contributed by atoms with E-state index >= 15 is 0 Å². The third kappa shape index (κ3) is 2.94. The van der Waals surface area contributed by atoms with Crippen LogP contribution in [0.2, 0.25) is 0 Å². The van der Waals surface area contributed by atoms with Crippen molar-refractivity contribution in [1.29, 1.82) is 0 Å². The summed E-state index contributed by atoms with van der Waals surface area (Å²) in [6.07, 6.45) is 3.69. The summed E-state index contributed by atoms with van der Waals surface area (Å²) in [5.74, 6) is 1.03. The zero-order chi connectivity index (χ0) is 12.4. The van der Waals surface area contributed by atoms with Crippen molar-refractivity contribution < 1.29 is 0 Å². The number of aryl methyl sites for hydroxylation is 1. The summed E-state index contributed by atoms with van der Waals surface area (Å²) in [4.78, 5) is 7.44. The Morgan fingerprint density at radius 1 is 1.53 bits per heavy atom. The lowest BCUT2D eigenvalue weighted by atomic mass is 10.2. The van der Waals surface area contributed by atoms with Crippen molar-refractivity contribution in [3.63, 3.8) is 0 Å². The SMILES string of the molecule is CCCN(c1cc(C(N)=S)cc(C)n1)C1CC1. The first-order valence-electron chi connectivity index (χ1n) is 6.17. The Bertz CT molecular complexity index is 427. The number of nitrogens with zero attached hydrogens (tertiary/aromatic N) is 2. The molecule has 1 fully saturated rings. The van der Waals surface area contributed by atoms with E-state index < -0.39 is 0 Å². The minimum absolute atomic E-state index is 0.448. The molecule has 0 spiro atoms. The normalized spacial score (nSPS) is 14.7. The van der Waals surface area contributed by atoms with Gasteiger partial charge >= 0.3 is 0 Å². The Hall–Kier alpha value is -1.16. The molecular formula is C13H19N3S. The van der Waals surface area contributed by atoms with Gasteiger partial charge in [0.1, 0.15) is 10.8 Å². The van der Waals surface area contributed by atoms with E-state index in [0.717, 1.165) is 30.0 Å². The molecular weight excluding hydrogens is 230 g/mol. The summed E-state index contributed by atoms with van der Waals surface area (Å²) in [7, 11) is 0. The second kappa shape index (κ2) is 5.00. The number of anilines is 1. The van der Waals surface area contributed by atoms with Crippen LogP contribution in [0.3, 0.4) is 0 Å². The maximum Gasteiger partial charge on any atom is 0.129 e. The lowest BCUT2D eigenvalue weighted by molar-refractivity contribution is 0.748. The van der Waals surface area contributed by atoms with Crippen LogP contribution in [0.25, 0.3) is 0 Å².